The number of rotatable bonds is 5. The predicted octanol–water partition coefficient (Wildman–Crippen LogP) is 1.19. The lowest BCUT2D eigenvalue weighted by molar-refractivity contribution is -0.142. The van der Waals surface area contributed by atoms with E-state index in [1.54, 1.807) is 0 Å². The maximum Gasteiger partial charge on any atom is 0.320 e. The molecule has 0 amide bonds. The van der Waals surface area contributed by atoms with Crippen molar-refractivity contribution in [3.05, 3.63) is 0 Å². The SMILES string of the molecule is CC(C)OCCOC(=O)CCl. The summed E-state index contributed by atoms with van der Waals surface area (Å²) in [5.74, 6) is -0.499. The molecule has 0 saturated heterocycles. The highest BCUT2D eigenvalue weighted by Gasteiger charge is 1.98. The van der Waals surface area contributed by atoms with Crippen molar-refractivity contribution in [2.45, 2.75) is 20.0 Å². The van der Waals surface area contributed by atoms with Crippen molar-refractivity contribution in [3.63, 3.8) is 0 Å². The van der Waals surface area contributed by atoms with Gasteiger partial charge in [0.2, 0.25) is 0 Å². The molecule has 0 heterocycles. The summed E-state index contributed by atoms with van der Waals surface area (Å²) in [4.78, 5) is 10.4. The van der Waals surface area contributed by atoms with Crippen LogP contribution in [0.1, 0.15) is 13.8 Å². The average Bonchev–Trinajstić information content (AvgIpc) is 1.97. The zero-order valence-corrected chi connectivity index (χ0v) is 7.56. The summed E-state index contributed by atoms with van der Waals surface area (Å²) in [5, 5.41) is 0. The zero-order valence-electron chi connectivity index (χ0n) is 6.80. The van der Waals surface area contributed by atoms with Crippen LogP contribution >= 0.6 is 11.6 Å². The van der Waals surface area contributed by atoms with Crippen molar-refractivity contribution in [2.24, 2.45) is 0 Å². The van der Waals surface area contributed by atoms with Gasteiger partial charge in [0.1, 0.15) is 12.5 Å². The average molecular weight is 181 g/mol. The Morgan fingerprint density at radius 1 is 1.45 bits per heavy atom. The maximum absolute atomic E-state index is 10.4. The van der Waals surface area contributed by atoms with Gasteiger partial charge in [0.05, 0.1) is 12.7 Å². The molecule has 11 heavy (non-hydrogen) atoms. The van der Waals surface area contributed by atoms with E-state index in [9.17, 15) is 4.79 Å². The van der Waals surface area contributed by atoms with Crippen molar-refractivity contribution in [1.82, 2.24) is 0 Å². The highest BCUT2D eigenvalue weighted by Crippen LogP contribution is 1.88. The molecule has 66 valence electrons. The lowest BCUT2D eigenvalue weighted by atomic mass is 10.5. The summed E-state index contributed by atoms with van der Waals surface area (Å²) >= 11 is 5.18. The van der Waals surface area contributed by atoms with Crippen LogP contribution in [0, 0.1) is 0 Å². The van der Waals surface area contributed by atoms with E-state index in [4.69, 9.17) is 16.3 Å². The summed E-state index contributed by atoms with van der Waals surface area (Å²) in [7, 11) is 0. The van der Waals surface area contributed by atoms with E-state index in [1.165, 1.54) is 0 Å². The molecular weight excluding hydrogens is 168 g/mol. The molecule has 3 nitrogen and oxygen atoms in total. The maximum atomic E-state index is 10.4. The molecule has 0 atom stereocenters. The topological polar surface area (TPSA) is 35.5 Å². The van der Waals surface area contributed by atoms with Crippen LogP contribution in [0.25, 0.3) is 0 Å². The van der Waals surface area contributed by atoms with Gasteiger partial charge < -0.3 is 9.47 Å². The second-order valence-electron chi connectivity index (χ2n) is 2.27. The lowest BCUT2D eigenvalue weighted by Crippen LogP contribution is -2.13. The smallest absolute Gasteiger partial charge is 0.320 e. The van der Waals surface area contributed by atoms with Gasteiger partial charge in [-0.25, -0.2) is 0 Å². The van der Waals surface area contributed by atoms with Crippen molar-refractivity contribution in [3.8, 4) is 0 Å². The van der Waals surface area contributed by atoms with Gasteiger partial charge in [-0.1, -0.05) is 0 Å². The summed E-state index contributed by atoms with van der Waals surface area (Å²) in [5.41, 5.74) is 0. The van der Waals surface area contributed by atoms with E-state index < -0.39 is 5.97 Å². The molecule has 0 aliphatic heterocycles. The normalized spacial score (nSPS) is 10.2. The fourth-order valence-electron chi connectivity index (χ4n) is 0.478. The lowest BCUT2D eigenvalue weighted by Gasteiger charge is -2.06. The molecule has 0 fully saturated rings. The number of alkyl halides is 1. The molecule has 0 unspecified atom stereocenters. The number of halogens is 1. The molecule has 0 aliphatic carbocycles. The van der Waals surface area contributed by atoms with Crippen molar-refractivity contribution in [1.29, 1.82) is 0 Å². The largest absolute Gasteiger partial charge is 0.462 e. The molecule has 4 heteroatoms. The highest BCUT2D eigenvalue weighted by molar-refractivity contribution is 6.26. The van der Waals surface area contributed by atoms with Crippen LogP contribution in [0.2, 0.25) is 0 Å². The Labute approximate surface area is 71.6 Å². The van der Waals surface area contributed by atoms with Gasteiger partial charge in [-0.3, -0.25) is 4.79 Å². The first-order valence-electron chi connectivity index (χ1n) is 3.50. The molecular formula is C7H13ClO3. The second kappa shape index (κ2) is 6.43. The van der Waals surface area contributed by atoms with Gasteiger partial charge in [-0.15, -0.1) is 11.6 Å². The molecule has 0 radical (unpaired) electrons. The van der Waals surface area contributed by atoms with Crippen LogP contribution in [-0.4, -0.2) is 31.2 Å². The van der Waals surface area contributed by atoms with E-state index in [0.29, 0.717) is 6.61 Å². The van der Waals surface area contributed by atoms with Gasteiger partial charge >= 0.3 is 5.97 Å². The number of ether oxygens (including phenoxy) is 2. The van der Waals surface area contributed by atoms with Crippen LogP contribution in [0.5, 0.6) is 0 Å². The van der Waals surface area contributed by atoms with Crippen molar-refractivity contribution in [2.75, 3.05) is 19.1 Å². The van der Waals surface area contributed by atoms with Crippen LogP contribution in [0.4, 0.5) is 0 Å². The Balaban J connectivity index is 3.08. The second-order valence-corrected chi connectivity index (χ2v) is 2.54. The first-order valence-corrected chi connectivity index (χ1v) is 4.03. The third-order valence-corrected chi connectivity index (χ3v) is 1.12. The van der Waals surface area contributed by atoms with Gasteiger partial charge in [0.15, 0.2) is 0 Å². The summed E-state index contributed by atoms with van der Waals surface area (Å²) in [6, 6.07) is 0. The Hall–Kier alpha value is -0.280. The minimum Gasteiger partial charge on any atom is -0.462 e. The molecule has 0 aromatic heterocycles. The highest BCUT2D eigenvalue weighted by atomic mass is 35.5. The fourth-order valence-corrected chi connectivity index (χ4v) is 0.555. The third kappa shape index (κ3) is 7.62. The Kier molecular flexibility index (Phi) is 6.27. The first-order chi connectivity index (χ1) is 5.16. The molecule has 0 spiro atoms. The molecule has 0 rings (SSSR count). The molecule has 0 saturated carbocycles. The van der Waals surface area contributed by atoms with E-state index in [0.717, 1.165) is 0 Å². The number of carbonyl (C=O) groups excluding carboxylic acids is 1. The van der Waals surface area contributed by atoms with Gasteiger partial charge in [-0.05, 0) is 13.8 Å². The number of carbonyl (C=O) groups is 1. The summed E-state index contributed by atoms with van der Waals surface area (Å²) < 4.78 is 9.76. The van der Waals surface area contributed by atoms with Crippen LogP contribution in [-0.2, 0) is 14.3 Å². The number of hydrogen-bond donors (Lipinski definition) is 0. The molecule has 0 bridgehead atoms. The molecule has 0 aromatic carbocycles. The molecule has 0 aliphatic rings. The van der Waals surface area contributed by atoms with Crippen LogP contribution in [0.15, 0.2) is 0 Å². The van der Waals surface area contributed by atoms with Crippen molar-refractivity contribution >= 4 is 17.6 Å². The fraction of sp³-hybridized carbons (Fsp3) is 0.857. The number of hydrogen-bond acceptors (Lipinski definition) is 3. The van der Waals surface area contributed by atoms with Gasteiger partial charge in [0.25, 0.3) is 0 Å². The van der Waals surface area contributed by atoms with Crippen LogP contribution < -0.4 is 0 Å². The minimum atomic E-state index is -0.404. The van der Waals surface area contributed by atoms with Gasteiger partial charge in [0, 0.05) is 0 Å². The summed E-state index contributed by atoms with van der Waals surface area (Å²) in [6.45, 7) is 4.55. The molecule has 0 aromatic rings. The first kappa shape index (κ1) is 10.7. The van der Waals surface area contributed by atoms with Crippen LogP contribution in [0.3, 0.4) is 0 Å². The van der Waals surface area contributed by atoms with Gasteiger partial charge in [-0.2, -0.15) is 0 Å². The molecule has 0 N–H and O–H groups in total. The monoisotopic (exact) mass is 180 g/mol. The van der Waals surface area contributed by atoms with E-state index >= 15 is 0 Å². The minimum absolute atomic E-state index is 0.0956. The Morgan fingerprint density at radius 2 is 2.09 bits per heavy atom. The van der Waals surface area contributed by atoms with E-state index in [2.05, 4.69) is 4.74 Å². The summed E-state index contributed by atoms with van der Waals surface area (Å²) in [6.07, 6.45) is 0.171. The standard InChI is InChI=1S/C7H13ClO3/c1-6(2)10-3-4-11-7(9)5-8/h6H,3-5H2,1-2H3. The zero-order chi connectivity index (χ0) is 8.69. The van der Waals surface area contributed by atoms with Crippen molar-refractivity contribution < 1.29 is 14.3 Å². The van der Waals surface area contributed by atoms with E-state index in [-0.39, 0.29) is 18.6 Å². The van der Waals surface area contributed by atoms with E-state index in [1.807, 2.05) is 13.8 Å². The quantitative estimate of drug-likeness (QED) is 0.362. The third-order valence-electron chi connectivity index (χ3n) is 0.907. The number of esters is 1. The predicted molar refractivity (Wildman–Crippen MR) is 42.8 cm³/mol. The Bertz CT molecular complexity index is 114. The Morgan fingerprint density at radius 3 is 2.55 bits per heavy atom.